The number of rotatable bonds is 17. The Kier molecular flexibility index (Phi) is 13.8. The minimum Gasteiger partial charge on any atom is -0.396 e. The van der Waals surface area contributed by atoms with Crippen molar-refractivity contribution in [3.63, 3.8) is 0 Å². The lowest BCUT2D eigenvalue weighted by Gasteiger charge is -2.01. The fraction of sp³-hybridized carbons (Fsp3) is 0.850. The van der Waals surface area contributed by atoms with E-state index in [9.17, 15) is 0 Å². The summed E-state index contributed by atoms with van der Waals surface area (Å²) in [4.78, 5) is 0. The van der Waals surface area contributed by atoms with E-state index in [4.69, 9.17) is 10.2 Å². The van der Waals surface area contributed by atoms with Crippen LogP contribution in [0, 0.1) is 0 Å². The van der Waals surface area contributed by atoms with Crippen LogP contribution in [-0.4, -0.2) is 28.0 Å². The minimum atomic E-state index is 0.327. The number of aliphatic hydroxyl groups excluding tert-OH is 2. The summed E-state index contributed by atoms with van der Waals surface area (Å²) < 4.78 is 4.59. The summed E-state index contributed by atoms with van der Waals surface area (Å²) >= 11 is 0. The molecule has 1 heterocycles. The van der Waals surface area contributed by atoms with Gasteiger partial charge in [0, 0.05) is 13.2 Å². The summed E-state index contributed by atoms with van der Waals surface area (Å²) in [6, 6.07) is 0. The number of imidazole rings is 1. The fourth-order valence-electron chi connectivity index (χ4n) is 3.11. The molecule has 1 aromatic rings. The molecule has 0 atom stereocenters. The monoisotopic (exact) mass is 339 g/mol. The Morgan fingerprint density at radius 2 is 1.12 bits per heavy atom. The predicted octanol–water partition coefficient (Wildman–Crippen LogP) is 3.83. The lowest BCUT2D eigenvalue weighted by molar-refractivity contribution is -0.696. The van der Waals surface area contributed by atoms with Crippen LogP contribution >= 0.6 is 0 Å². The van der Waals surface area contributed by atoms with Crippen molar-refractivity contribution < 1.29 is 14.8 Å². The first-order chi connectivity index (χ1) is 11.9. The molecule has 0 bridgehead atoms. The van der Waals surface area contributed by atoms with E-state index in [1.807, 2.05) is 0 Å². The number of aryl methyl sites for hydroxylation is 2. The van der Waals surface area contributed by atoms with E-state index < -0.39 is 0 Å². The van der Waals surface area contributed by atoms with Gasteiger partial charge in [0.2, 0.25) is 6.33 Å². The first kappa shape index (κ1) is 21.2. The van der Waals surface area contributed by atoms with Crippen LogP contribution in [0.2, 0.25) is 0 Å². The van der Waals surface area contributed by atoms with Crippen molar-refractivity contribution in [3.05, 3.63) is 18.7 Å². The van der Waals surface area contributed by atoms with Crippen LogP contribution in [0.4, 0.5) is 0 Å². The van der Waals surface area contributed by atoms with Crippen molar-refractivity contribution in [2.24, 2.45) is 0 Å². The Hall–Kier alpha value is -0.870. The van der Waals surface area contributed by atoms with Crippen molar-refractivity contribution in [3.8, 4) is 0 Å². The normalized spacial score (nSPS) is 11.2. The Bertz CT molecular complexity index is 379. The van der Waals surface area contributed by atoms with E-state index >= 15 is 0 Å². The lowest BCUT2D eigenvalue weighted by Crippen LogP contribution is -2.30. The zero-order chi connectivity index (χ0) is 17.3. The molecule has 0 saturated carbocycles. The van der Waals surface area contributed by atoms with Gasteiger partial charge in [0.05, 0.1) is 13.1 Å². The molecule has 24 heavy (non-hydrogen) atoms. The van der Waals surface area contributed by atoms with Crippen molar-refractivity contribution >= 4 is 0 Å². The van der Waals surface area contributed by atoms with Gasteiger partial charge in [0.15, 0.2) is 0 Å². The molecular weight excluding hydrogens is 300 g/mol. The summed E-state index contributed by atoms with van der Waals surface area (Å²) in [5, 5.41) is 17.5. The van der Waals surface area contributed by atoms with Crippen molar-refractivity contribution in [1.29, 1.82) is 0 Å². The topological polar surface area (TPSA) is 49.3 Å². The lowest BCUT2D eigenvalue weighted by atomic mass is 10.1. The van der Waals surface area contributed by atoms with Gasteiger partial charge < -0.3 is 10.2 Å². The number of hydrogen-bond acceptors (Lipinski definition) is 2. The molecule has 2 N–H and O–H groups in total. The van der Waals surface area contributed by atoms with Gasteiger partial charge >= 0.3 is 0 Å². The number of aromatic nitrogens is 2. The maximum atomic E-state index is 8.76. The molecule has 4 nitrogen and oxygen atoms in total. The van der Waals surface area contributed by atoms with E-state index in [0.29, 0.717) is 13.2 Å². The van der Waals surface area contributed by atoms with E-state index in [0.717, 1.165) is 32.4 Å². The molecule has 0 spiro atoms. The van der Waals surface area contributed by atoms with Crippen LogP contribution in [-0.2, 0) is 13.1 Å². The second kappa shape index (κ2) is 15.6. The third-order valence-electron chi connectivity index (χ3n) is 4.65. The third kappa shape index (κ3) is 11.6. The summed E-state index contributed by atoms with van der Waals surface area (Å²) in [6.07, 6.45) is 22.5. The van der Waals surface area contributed by atoms with Crippen LogP contribution in [0.3, 0.4) is 0 Å². The molecule has 0 amide bonds. The summed E-state index contributed by atoms with van der Waals surface area (Å²) in [7, 11) is 0. The van der Waals surface area contributed by atoms with Crippen LogP contribution in [0.25, 0.3) is 0 Å². The maximum Gasteiger partial charge on any atom is 0.243 e. The fourth-order valence-corrected chi connectivity index (χ4v) is 3.11. The van der Waals surface area contributed by atoms with Crippen molar-refractivity contribution in [2.45, 2.75) is 96.6 Å². The van der Waals surface area contributed by atoms with Gasteiger partial charge in [-0.15, -0.1) is 0 Å². The second-order valence-corrected chi connectivity index (χ2v) is 6.93. The molecule has 0 aliphatic heterocycles. The van der Waals surface area contributed by atoms with Gasteiger partial charge in [-0.25, -0.2) is 9.13 Å². The average molecular weight is 340 g/mol. The molecule has 0 aliphatic rings. The molecule has 0 aliphatic carbocycles. The largest absolute Gasteiger partial charge is 0.396 e. The Morgan fingerprint density at radius 3 is 1.71 bits per heavy atom. The molecule has 1 aromatic heterocycles. The third-order valence-corrected chi connectivity index (χ3v) is 4.65. The predicted molar refractivity (Wildman–Crippen MR) is 98.8 cm³/mol. The van der Waals surface area contributed by atoms with Crippen molar-refractivity contribution in [2.75, 3.05) is 13.2 Å². The van der Waals surface area contributed by atoms with Crippen LogP contribution in [0.1, 0.15) is 83.5 Å². The molecule has 0 fully saturated rings. The highest BCUT2D eigenvalue weighted by Crippen LogP contribution is 2.09. The molecule has 4 heteroatoms. The summed E-state index contributed by atoms with van der Waals surface area (Å²) in [5.74, 6) is 0. The minimum absolute atomic E-state index is 0.327. The molecule has 0 unspecified atom stereocenters. The van der Waals surface area contributed by atoms with Gasteiger partial charge in [-0.2, -0.15) is 0 Å². The van der Waals surface area contributed by atoms with E-state index in [-0.39, 0.29) is 0 Å². The highest BCUT2D eigenvalue weighted by atomic mass is 16.3. The first-order valence-corrected chi connectivity index (χ1v) is 10.1. The maximum absolute atomic E-state index is 8.76. The van der Waals surface area contributed by atoms with Gasteiger partial charge in [-0.3, -0.25) is 0 Å². The van der Waals surface area contributed by atoms with Gasteiger partial charge in [-0.1, -0.05) is 44.9 Å². The quantitative estimate of drug-likeness (QED) is 0.335. The van der Waals surface area contributed by atoms with Gasteiger partial charge in [-0.05, 0) is 38.5 Å². The Morgan fingerprint density at radius 1 is 0.625 bits per heavy atom. The zero-order valence-electron chi connectivity index (χ0n) is 15.5. The number of unbranched alkanes of at least 4 members (excludes halogenated alkanes) is 11. The molecule has 0 saturated heterocycles. The zero-order valence-corrected chi connectivity index (χ0v) is 15.5. The van der Waals surface area contributed by atoms with Crippen molar-refractivity contribution in [1.82, 2.24) is 4.57 Å². The Labute approximate surface area is 148 Å². The van der Waals surface area contributed by atoms with E-state index in [2.05, 4.69) is 27.9 Å². The molecule has 1 rings (SSSR count). The molecular formula is C20H39N2O2+. The summed E-state index contributed by atoms with van der Waals surface area (Å²) in [6.45, 7) is 2.90. The first-order valence-electron chi connectivity index (χ1n) is 10.1. The smallest absolute Gasteiger partial charge is 0.243 e. The highest BCUT2D eigenvalue weighted by molar-refractivity contribution is 4.66. The highest BCUT2D eigenvalue weighted by Gasteiger charge is 2.03. The average Bonchev–Trinajstić information content (AvgIpc) is 3.04. The van der Waals surface area contributed by atoms with Crippen LogP contribution < -0.4 is 4.57 Å². The van der Waals surface area contributed by atoms with Crippen LogP contribution in [0.15, 0.2) is 18.7 Å². The van der Waals surface area contributed by atoms with Crippen LogP contribution in [0.5, 0.6) is 0 Å². The molecule has 0 aromatic carbocycles. The van der Waals surface area contributed by atoms with Gasteiger partial charge in [0.1, 0.15) is 12.4 Å². The SMILES string of the molecule is OCCCCCCCCCCC[n+]1ccn(CCCCCCO)c1. The standard InChI is InChI=1S/C20H39N2O2/c23-18-12-8-5-3-1-2-4-6-10-14-21-16-17-22(20-21)15-11-7-9-13-19-24/h16-17,20,23-24H,1-15,18-19H2/q+1. The second-order valence-electron chi connectivity index (χ2n) is 6.93. The molecule has 140 valence electrons. The number of hydrogen-bond donors (Lipinski definition) is 2. The van der Waals surface area contributed by atoms with E-state index in [1.165, 1.54) is 64.2 Å². The molecule has 0 radical (unpaired) electrons. The number of nitrogens with zero attached hydrogens (tertiary/aromatic N) is 2. The summed E-state index contributed by atoms with van der Waals surface area (Å²) in [5.41, 5.74) is 0. The van der Waals surface area contributed by atoms with Gasteiger partial charge in [0.25, 0.3) is 0 Å². The van der Waals surface area contributed by atoms with E-state index in [1.54, 1.807) is 0 Å². The Balaban J connectivity index is 1.92. The number of aliphatic hydroxyl groups is 2.